The molecule has 4 rings (SSSR count). The van der Waals surface area contributed by atoms with E-state index in [1.165, 1.54) is 0 Å². The fourth-order valence-electron chi connectivity index (χ4n) is 4.80. The third-order valence-electron chi connectivity index (χ3n) is 6.63. The minimum absolute atomic E-state index is 0.0264. The van der Waals surface area contributed by atoms with Crippen molar-refractivity contribution in [3.63, 3.8) is 0 Å². The smallest absolute Gasteiger partial charge is 0.269 e. The van der Waals surface area contributed by atoms with Crippen LogP contribution >= 0.6 is 0 Å². The van der Waals surface area contributed by atoms with Crippen molar-refractivity contribution < 1.29 is 14.3 Å². The highest BCUT2D eigenvalue weighted by Gasteiger charge is 2.42. The van der Waals surface area contributed by atoms with E-state index in [1.54, 1.807) is 18.8 Å². The van der Waals surface area contributed by atoms with Gasteiger partial charge in [-0.05, 0) is 44.7 Å². The Hall–Kier alpha value is -2.64. The quantitative estimate of drug-likeness (QED) is 0.719. The summed E-state index contributed by atoms with van der Waals surface area (Å²) in [6, 6.07) is 9.88. The summed E-state index contributed by atoms with van der Waals surface area (Å²) in [6.45, 7) is 5.43. The summed E-state index contributed by atoms with van der Waals surface area (Å²) in [5.41, 5.74) is 2.51. The molecule has 1 aromatic carbocycles. The van der Waals surface area contributed by atoms with Gasteiger partial charge < -0.3 is 14.8 Å². The van der Waals surface area contributed by atoms with Gasteiger partial charge in [0.2, 0.25) is 0 Å². The van der Waals surface area contributed by atoms with E-state index in [1.807, 2.05) is 31.2 Å². The van der Waals surface area contributed by atoms with Crippen molar-refractivity contribution in [3.05, 3.63) is 53.4 Å². The second-order valence-corrected chi connectivity index (χ2v) is 8.91. The number of carbonyl (C=O) groups is 1. The number of amides is 1. The third kappa shape index (κ3) is 5.22. The van der Waals surface area contributed by atoms with Crippen molar-refractivity contribution in [1.82, 2.24) is 20.0 Å². The van der Waals surface area contributed by atoms with Crippen molar-refractivity contribution in [1.29, 1.82) is 0 Å². The molecule has 1 unspecified atom stereocenters. The summed E-state index contributed by atoms with van der Waals surface area (Å²) in [6.07, 6.45) is 8.59. The normalized spacial score (nSPS) is 20.8. The van der Waals surface area contributed by atoms with Crippen LogP contribution in [0.25, 0.3) is 6.08 Å². The number of methoxy groups -OCH3 is 1. The maximum Gasteiger partial charge on any atom is 0.269 e. The summed E-state index contributed by atoms with van der Waals surface area (Å²) in [7, 11) is 3.50. The zero-order valence-corrected chi connectivity index (χ0v) is 19.3. The monoisotopic (exact) mass is 438 g/mol. The molecule has 0 saturated carbocycles. The number of piperidine rings is 1. The number of benzene rings is 1. The number of para-hydroxylation sites is 1. The second kappa shape index (κ2) is 9.88. The highest BCUT2D eigenvalue weighted by Crippen LogP contribution is 2.38. The van der Waals surface area contributed by atoms with E-state index >= 15 is 0 Å². The zero-order chi connectivity index (χ0) is 22.6. The number of aryl methyl sites for hydroxylation is 2. The van der Waals surface area contributed by atoms with Crippen LogP contribution in [0.2, 0.25) is 0 Å². The average Bonchev–Trinajstić information content (AvgIpc) is 3.36. The summed E-state index contributed by atoms with van der Waals surface area (Å²) < 4.78 is 13.5. The maximum absolute atomic E-state index is 12.4. The first-order valence-corrected chi connectivity index (χ1v) is 11.5. The van der Waals surface area contributed by atoms with Crippen LogP contribution in [0.3, 0.4) is 0 Å². The molecule has 2 aliphatic rings. The van der Waals surface area contributed by atoms with Crippen LogP contribution in [0.15, 0.2) is 36.4 Å². The van der Waals surface area contributed by atoms with E-state index in [0.29, 0.717) is 12.2 Å². The molecule has 1 N–H and O–H groups in total. The Labute approximate surface area is 190 Å². The van der Waals surface area contributed by atoms with Crippen LogP contribution in [-0.2, 0) is 11.8 Å². The predicted molar refractivity (Wildman–Crippen MR) is 125 cm³/mol. The molecule has 3 heterocycles. The Morgan fingerprint density at radius 1 is 1.31 bits per heavy atom. The summed E-state index contributed by atoms with van der Waals surface area (Å²) >= 11 is 0. The SMILES string of the molecule is COc1ccccc1/C=C/CN1CCC2(CCC(CNC(=O)c3cc(C)nn3C)O2)CC1. The van der Waals surface area contributed by atoms with Gasteiger partial charge in [0.25, 0.3) is 5.91 Å². The molecule has 1 amide bonds. The van der Waals surface area contributed by atoms with Gasteiger partial charge >= 0.3 is 0 Å². The van der Waals surface area contributed by atoms with E-state index in [2.05, 4.69) is 33.5 Å². The minimum Gasteiger partial charge on any atom is -0.496 e. The molecule has 172 valence electrons. The first kappa shape index (κ1) is 22.6. The van der Waals surface area contributed by atoms with E-state index < -0.39 is 0 Å². The number of carbonyl (C=O) groups excluding carboxylic acids is 1. The minimum atomic E-state index is -0.0886. The Morgan fingerprint density at radius 2 is 2.09 bits per heavy atom. The van der Waals surface area contributed by atoms with E-state index in [-0.39, 0.29) is 17.6 Å². The third-order valence-corrected chi connectivity index (χ3v) is 6.63. The average molecular weight is 439 g/mol. The number of hydrogen-bond donors (Lipinski definition) is 1. The van der Waals surface area contributed by atoms with Gasteiger partial charge in [0, 0.05) is 38.8 Å². The van der Waals surface area contributed by atoms with Crippen LogP contribution in [0, 0.1) is 6.92 Å². The Morgan fingerprint density at radius 3 is 2.81 bits per heavy atom. The van der Waals surface area contributed by atoms with Gasteiger partial charge in [-0.3, -0.25) is 14.4 Å². The van der Waals surface area contributed by atoms with Gasteiger partial charge in [-0.15, -0.1) is 0 Å². The van der Waals surface area contributed by atoms with Gasteiger partial charge in [-0.25, -0.2) is 0 Å². The fraction of sp³-hybridized carbons (Fsp3) is 0.520. The standard InChI is InChI=1S/C25H34N4O3/c1-19-17-22(28(2)27-19)24(30)26-18-21-10-11-25(32-21)12-15-29(16-13-25)14-6-8-20-7-4-5-9-23(20)31-3/h4-9,17,21H,10-16,18H2,1-3H3,(H,26,30)/b8-6+. The maximum atomic E-state index is 12.4. The van der Waals surface area contributed by atoms with Crippen LogP contribution in [-0.4, -0.2) is 65.6 Å². The summed E-state index contributed by atoms with van der Waals surface area (Å²) in [5.74, 6) is 0.812. The van der Waals surface area contributed by atoms with Gasteiger partial charge in [-0.2, -0.15) is 5.10 Å². The van der Waals surface area contributed by atoms with Crippen molar-refractivity contribution in [3.8, 4) is 5.75 Å². The number of ether oxygens (including phenoxy) is 2. The predicted octanol–water partition coefficient (Wildman–Crippen LogP) is 3.19. The Kier molecular flexibility index (Phi) is 6.96. The lowest BCUT2D eigenvalue weighted by molar-refractivity contribution is -0.0740. The Bertz CT molecular complexity index is 960. The van der Waals surface area contributed by atoms with E-state index in [0.717, 1.165) is 62.3 Å². The van der Waals surface area contributed by atoms with Crippen molar-refractivity contribution in [2.45, 2.75) is 44.3 Å². The largest absolute Gasteiger partial charge is 0.496 e. The summed E-state index contributed by atoms with van der Waals surface area (Å²) in [4.78, 5) is 14.9. The molecule has 2 aromatic rings. The first-order chi connectivity index (χ1) is 15.5. The van der Waals surface area contributed by atoms with Crippen LogP contribution in [0.5, 0.6) is 5.75 Å². The summed E-state index contributed by atoms with van der Waals surface area (Å²) in [5, 5.41) is 7.27. The first-order valence-electron chi connectivity index (χ1n) is 11.5. The molecule has 0 radical (unpaired) electrons. The molecule has 7 heteroatoms. The van der Waals surface area contributed by atoms with E-state index in [4.69, 9.17) is 9.47 Å². The lowest BCUT2D eigenvalue weighted by Crippen LogP contribution is -2.45. The number of aromatic nitrogens is 2. The van der Waals surface area contributed by atoms with Crippen molar-refractivity contribution >= 4 is 12.0 Å². The van der Waals surface area contributed by atoms with Crippen LogP contribution in [0.4, 0.5) is 0 Å². The molecule has 0 aliphatic carbocycles. The van der Waals surface area contributed by atoms with Gasteiger partial charge in [0.1, 0.15) is 11.4 Å². The van der Waals surface area contributed by atoms with E-state index in [9.17, 15) is 4.79 Å². The van der Waals surface area contributed by atoms with Gasteiger partial charge in [0.05, 0.1) is 24.5 Å². The zero-order valence-electron chi connectivity index (χ0n) is 19.3. The van der Waals surface area contributed by atoms with Crippen LogP contribution < -0.4 is 10.1 Å². The van der Waals surface area contributed by atoms with Gasteiger partial charge in [0.15, 0.2) is 0 Å². The second-order valence-electron chi connectivity index (χ2n) is 8.91. The Balaban J connectivity index is 1.21. The molecule has 0 bridgehead atoms. The van der Waals surface area contributed by atoms with Crippen molar-refractivity contribution in [2.75, 3.05) is 33.3 Å². The molecule has 2 saturated heterocycles. The lowest BCUT2D eigenvalue weighted by Gasteiger charge is -2.38. The molecule has 32 heavy (non-hydrogen) atoms. The number of nitrogens with zero attached hydrogens (tertiary/aromatic N) is 3. The molecule has 1 spiro atoms. The molecular formula is C25H34N4O3. The number of hydrogen-bond acceptors (Lipinski definition) is 5. The molecule has 1 atom stereocenters. The molecule has 2 fully saturated rings. The molecule has 2 aliphatic heterocycles. The molecular weight excluding hydrogens is 404 g/mol. The fourth-order valence-corrected chi connectivity index (χ4v) is 4.80. The number of likely N-dealkylation sites (tertiary alicyclic amines) is 1. The highest BCUT2D eigenvalue weighted by molar-refractivity contribution is 5.92. The lowest BCUT2D eigenvalue weighted by atomic mass is 9.88. The number of nitrogens with one attached hydrogen (secondary N) is 1. The van der Waals surface area contributed by atoms with Crippen molar-refractivity contribution in [2.24, 2.45) is 7.05 Å². The highest BCUT2D eigenvalue weighted by atomic mass is 16.5. The molecule has 1 aromatic heterocycles. The topological polar surface area (TPSA) is 68.6 Å². The van der Waals surface area contributed by atoms with Gasteiger partial charge in [-0.1, -0.05) is 30.4 Å². The number of rotatable bonds is 7. The van der Waals surface area contributed by atoms with Crippen LogP contribution in [0.1, 0.15) is 47.4 Å². The molecule has 7 nitrogen and oxygen atoms in total.